The molecule has 2 nitrogen and oxygen atoms in total. The molecule has 0 aromatic carbocycles. The zero-order valence-corrected chi connectivity index (χ0v) is 11.1. The van der Waals surface area contributed by atoms with E-state index in [0.29, 0.717) is 10.8 Å². The van der Waals surface area contributed by atoms with Crippen LogP contribution in [0.5, 0.6) is 0 Å². The van der Waals surface area contributed by atoms with E-state index in [1.54, 1.807) is 0 Å². The molecule has 1 rings (SSSR count). The minimum Gasteiger partial charge on any atom is -0.392 e. The Morgan fingerprint density at radius 1 is 1.33 bits per heavy atom. The van der Waals surface area contributed by atoms with Crippen LogP contribution in [0.15, 0.2) is 0 Å². The van der Waals surface area contributed by atoms with E-state index < -0.39 is 0 Å². The van der Waals surface area contributed by atoms with E-state index in [4.69, 9.17) is 0 Å². The standard InChI is InChI=1S/C12H25NOS/c1-4-12(5-2,15-3)9-13-10-7-6-8-11(10)14/h10-11,13-14H,4-9H2,1-3H3/t10-,11-/m1/s1. The third-order valence-electron chi connectivity index (χ3n) is 3.89. The van der Waals surface area contributed by atoms with Gasteiger partial charge in [0.25, 0.3) is 0 Å². The highest BCUT2D eigenvalue weighted by atomic mass is 32.2. The van der Waals surface area contributed by atoms with Crippen LogP contribution < -0.4 is 5.32 Å². The fraction of sp³-hybridized carbons (Fsp3) is 1.00. The summed E-state index contributed by atoms with van der Waals surface area (Å²) in [7, 11) is 0. The zero-order valence-electron chi connectivity index (χ0n) is 10.3. The van der Waals surface area contributed by atoms with Crippen LogP contribution in [0.3, 0.4) is 0 Å². The molecule has 2 N–H and O–H groups in total. The van der Waals surface area contributed by atoms with Gasteiger partial charge in [0.05, 0.1) is 6.10 Å². The Labute approximate surface area is 98.2 Å². The maximum absolute atomic E-state index is 9.73. The van der Waals surface area contributed by atoms with Gasteiger partial charge in [0.2, 0.25) is 0 Å². The number of nitrogens with one attached hydrogen (secondary N) is 1. The summed E-state index contributed by atoms with van der Waals surface area (Å²) in [5.74, 6) is 0. The fourth-order valence-electron chi connectivity index (χ4n) is 2.36. The maximum atomic E-state index is 9.73. The number of rotatable bonds is 6. The van der Waals surface area contributed by atoms with Gasteiger partial charge in [-0.05, 0) is 38.4 Å². The Bertz CT molecular complexity index is 174. The van der Waals surface area contributed by atoms with Crippen molar-refractivity contribution in [3.8, 4) is 0 Å². The molecule has 3 heteroatoms. The number of thioether (sulfide) groups is 1. The number of aliphatic hydroxyl groups is 1. The Balaban J connectivity index is 2.39. The molecule has 15 heavy (non-hydrogen) atoms. The predicted octanol–water partition coefficient (Wildman–Crippen LogP) is 2.41. The largest absolute Gasteiger partial charge is 0.392 e. The second-order valence-electron chi connectivity index (χ2n) is 4.58. The van der Waals surface area contributed by atoms with Gasteiger partial charge in [0.15, 0.2) is 0 Å². The van der Waals surface area contributed by atoms with Crippen LogP contribution in [-0.4, -0.2) is 34.8 Å². The highest BCUT2D eigenvalue weighted by molar-refractivity contribution is 8.00. The van der Waals surface area contributed by atoms with Crippen LogP contribution in [0.25, 0.3) is 0 Å². The van der Waals surface area contributed by atoms with E-state index in [2.05, 4.69) is 25.4 Å². The molecule has 0 radical (unpaired) electrons. The van der Waals surface area contributed by atoms with Crippen LogP contribution >= 0.6 is 11.8 Å². The first-order chi connectivity index (χ1) is 7.17. The predicted molar refractivity (Wildman–Crippen MR) is 68.5 cm³/mol. The molecule has 90 valence electrons. The average Bonchev–Trinajstić information content (AvgIpc) is 2.67. The molecule has 0 unspecified atom stereocenters. The summed E-state index contributed by atoms with van der Waals surface area (Å²) in [5.41, 5.74) is 0. The van der Waals surface area contributed by atoms with Gasteiger partial charge in [-0.2, -0.15) is 11.8 Å². The average molecular weight is 231 g/mol. The Morgan fingerprint density at radius 2 is 2.00 bits per heavy atom. The van der Waals surface area contributed by atoms with Gasteiger partial charge < -0.3 is 10.4 Å². The van der Waals surface area contributed by atoms with Crippen molar-refractivity contribution in [2.75, 3.05) is 12.8 Å². The Hall–Kier alpha value is 0.270. The summed E-state index contributed by atoms with van der Waals surface area (Å²) in [6.07, 6.45) is 7.75. The van der Waals surface area contributed by atoms with Crippen LogP contribution in [0.1, 0.15) is 46.0 Å². The summed E-state index contributed by atoms with van der Waals surface area (Å²) in [6, 6.07) is 0.342. The van der Waals surface area contributed by atoms with Gasteiger partial charge in [-0.3, -0.25) is 0 Å². The molecule has 0 spiro atoms. The van der Waals surface area contributed by atoms with Gasteiger partial charge in [-0.15, -0.1) is 0 Å². The van der Waals surface area contributed by atoms with Crippen LogP contribution in [0, 0.1) is 0 Å². The molecule has 2 atom stereocenters. The lowest BCUT2D eigenvalue weighted by molar-refractivity contribution is 0.147. The summed E-state index contributed by atoms with van der Waals surface area (Å²) < 4.78 is 0.363. The van der Waals surface area contributed by atoms with E-state index in [1.165, 1.54) is 19.3 Å². The highest BCUT2D eigenvalue weighted by Gasteiger charge is 2.29. The van der Waals surface area contributed by atoms with E-state index >= 15 is 0 Å². The normalized spacial score (nSPS) is 27.2. The molecule has 1 aliphatic carbocycles. The molecule has 1 saturated carbocycles. The van der Waals surface area contributed by atoms with E-state index in [1.807, 2.05) is 11.8 Å². The van der Waals surface area contributed by atoms with Gasteiger partial charge in [-0.1, -0.05) is 13.8 Å². The van der Waals surface area contributed by atoms with Crippen molar-refractivity contribution in [1.82, 2.24) is 5.32 Å². The van der Waals surface area contributed by atoms with Gasteiger partial charge in [0.1, 0.15) is 0 Å². The minimum absolute atomic E-state index is 0.113. The first-order valence-electron chi connectivity index (χ1n) is 6.14. The zero-order chi connectivity index (χ0) is 11.3. The highest BCUT2D eigenvalue weighted by Crippen LogP contribution is 2.30. The summed E-state index contributed by atoms with van der Waals surface area (Å²) >= 11 is 1.96. The van der Waals surface area contributed by atoms with Crippen molar-refractivity contribution in [1.29, 1.82) is 0 Å². The van der Waals surface area contributed by atoms with Crippen molar-refractivity contribution < 1.29 is 5.11 Å². The van der Waals surface area contributed by atoms with E-state index in [9.17, 15) is 5.11 Å². The van der Waals surface area contributed by atoms with Crippen LogP contribution in [0.4, 0.5) is 0 Å². The Morgan fingerprint density at radius 3 is 2.40 bits per heavy atom. The van der Waals surface area contributed by atoms with Crippen LogP contribution in [-0.2, 0) is 0 Å². The SMILES string of the molecule is CCC(CC)(CN[C@@H]1CCC[C@H]1O)SC. The molecule has 1 fully saturated rings. The molecule has 0 heterocycles. The van der Waals surface area contributed by atoms with Crippen molar-refractivity contribution >= 4 is 11.8 Å². The fourth-order valence-corrected chi connectivity index (χ4v) is 3.16. The third kappa shape index (κ3) is 3.36. The van der Waals surface area contributed by atoms with E-state index in [-0.39, 0.29) is 6.10 Å². The number of hydrogen-bond donors (Lipinski definition) is 2. The topological polar surface area (TPSA) is 32.3 Å². The molecular formula is C12H25NOS. The third-order valence-corrected chi connectivity index (χ3v) is 5.48. The summed E-state index contributed by atoms with van der Waals surface area (Å²) in [4.78, 5) is 0. The van der Waals surface area contributed by atoms with Gasteiger partial charge in [-0.25, -0.2) is 0 Å². The molecule has 1 aliphatic rings. The maximum Gasteiger partial charge on any atom is 0.0693 e. The molecule has 0 amide bonds. The second-order valence-corrected chi connectivity index (χ2v) is 5.85. The minimum atomic E-state index is -0.113. The lowest BCUT2D eigenvalue weighted by Crippen LogP contribution is -2.44. The summed E-state index contributed by atoms with van der Waals surface area (Å²) in [6.45, 7) is 5.54. The van der Waals surface area contributed by atoms with Crippen molar-refractivity contribution in [2.45, 2.75) is 62.8 Å². The molecule has 0 aromatic heterocycles. The number of aliphatic hydroxyl groups excluding tert-OH is 1. The lowest BCUT2D eigenvalue weighted by Gasteiger charge is -2.32. The smallest absolute Gasteiger partial charge is 0.0693 e. The second kappa shape index (κ2) is 6.12. The molecule has 0 aromatic rings. The first kappa shape index (κ1) is 13.3. The molecule has 0 saturated heterocycles. The Kier molecular flexibility index (Phi) is 5.44. The van der Waals surface area contributed by atoms with E-state index in [0.717, 1.165) is 19.4 Å². The quantitative estimate of drug-likeness (QED) is 0.736. The van der Waals surface area contributed by atoms with Crippen molar-refractivity contribution in [3.05, 3.63) is 0 Å². The molecule has 0 aliphatic heterocycles. The molecular weight excluding hydrogens is 206 g/mol. The van der Waals surface area contributed by atoms with Crippen molar-refractivity contribution in [2.24, 2.45) is 0 Å². The summed E-state index contributed by atoms with van der Waals surface area (Å²) in [5, 5.41) is 13.3. The van der Waals surface area contributed by atoms with Crippen molar-refractivity contribution in [3.63, 3.8) is 0 Å². The van der Waals surface area contributed by atoms with Gasteiger partial charge in [0, 0.05) is 17.3 Å². The monoisotopic (exact) mass is 231 g/mol. The number of hydrogen-bond acceptors (Lipinski definition) is 3. The first-order valence-corrected chi connectivity index (χ1v) is 7.36. The van der Waals surface area contributed by atoms with Gasteiger partial charge >= 0.3 is 0 Å². The lowest BCUT2D eigenvalue weighted by atomic mass is 10.0. The molecule has 0 bridgehead atoms. The van der Waals surface area contributed by atoms with Crippen LogP contribution in [0.2, 0.25) is 0 Å².